The van der Waals surface area contributed by atoms with Crippen LogP contribution in [-0.4, -0.2) is 36.3 Å². The Bertz CT molecular complexity index is 768. The van der Waals surface area contributed by atoms with Crippen LogP contribution < -0.4 is 10.6 Å². The van der Waals surface area contributed by atoms with Gasteiger partial charge in [0.1, 0.15) is 0 Å². The number of amides is 2. The fraction of sp³-hybridized carbons (Fsp3) is 0.364. The van der Waals surface area contributed by atoms with E-state index in [1.165, 1.54) is 5.56 Å². The third kappa shape index (κ3) is 5.66. The summed E-state index contributed by atoms with van der Waals surface area (Å²) in [4.78, 5) is 26.6. The summed E-state index contributed by atoms with van der Waals surface area (Å²) in [5, 5.41) is 5.46. The highest BCUT2D eigenvalue weighted by Gasteiger charge is 2.21. The van der Waals surface area contributed by atoms with Gasteiger partial charge in [-0.2, -0.15) is 0 Å². The minimum Gasteiger partial charge on any atom is -0.348 e. The predicted octanol–water partition coefficient (Wildman–Crippen LogP) is 2.96. The van der Waals surface area contributed by atoms with Crippen molar-refractivity contribution in [3.63, 3.8) is 0 Å². The van der Waals surface area contributed by atoms with Crippen molar-refractivity contribution in [3.05, 3.63) is 65.7 Å². The van der Waals surface area contributed by atoms with Crippen molar-refractivity contribution in [2.75, 3.05) is 25.0 Å². The van der Waals surface area contributed by atoms with Crippen LogP contribution in [0.25, 0.3) is 0 Å². The highest BCUT2D eigenvalue weighted by atomic mass is 16.2. The summed E-state index contributed by atoms with van der Waals surface area (Å²) in [5.41, 5.74) is 2.94. The summed E-state index contributed by atoms with van der Waals surface area (Å²) < 4.78 is 0. The summed E-state index contributed by atoms with van der Waals surface area (Å²) in [6, 6.07) is 17.9. The SMILES string of the molecule is Cc1ccccc1NC(=O)C(=O)NCC1CCN(Cc2ccccc2)CC1. The first-order valence-corrected chi connectivity index (χ1v) is 9.53. The molecule has 0 aromatic heterocycles. The first-order chi connectivity index (χ1) is 13.1. The maximum Gasteiger partial charge on any atom is 0.313 e. The van der Waals surface area contributed by atoms with Gasteiger partial charge >= 0.3 is 11.8 Å². The lowest BCUT2D eigenvalue weighted by molar-refractivity contribution is -0.136. The molecular weight excluding hydrogens is 338 g/mol. The lowest BCUT2D eigenvalue weighted by Crippen LogP contribution is -2.41. The molecule has 2 aromatic carbocycles. The molecule has 2 amide bonds. The van der Waals surface area contributed by atoms with Gasteiger partial charge in [0.2, 0.25) is 0 Å². The van der Waals surface area contributed by atoms with E-state index in [4.69, 9.17) is 0 Å². The number of nitrogens with zero attached hydrogens (tertiary/aromatic N) is 1. The number of carbonyl (C=O) groups is 2. The Morgan fingerprint density at radius 3 is 2.33 bits per heavy atom. The van der Waals surface area contributed by atoms with Crippen molar-refractivity contribution in [3.8, 4) is 0 Å². The smallest absolute Gasteiger partial charge is 0.313 e. The van der Waals surface area contributed by atoms with Crippen molar-refractivity contribution in [1.82, 2.24) is 10.2 Å². The van der Waals surface area contributed by atoms with Crippen LogP contribution in [0.2, 0.25) is 0 Å². The van der Waals surface area contributed by atoms with Crippen LogP contribution in [0.1, 0.15) is 24.0 Å². The Balaban J connectivity index is 1.38. The molecule has 1 heterocycles. The minimum absolute atomic E-state index is 0.423. The molecule has 1 fully saturated rings. The van der Waals surface area contributed by atoms with Gasteiger partial charge in [-0.15, -0.1) is 0 Å². The van der Waals surface area contributed by atoms with E-state index in [0.717, 1.165) is 38.0 Å². The molecule has 0 radical (unpaired) electrons. The molecule has 1 aliphatic rings. The lowest BCUT2D eigenvalue weighted by atomic mass is 9.96. The molecule has 27 heavy (non-hydrogen) atoms. The molecule has 2 N–H and O–H groups in total. The molecule has 1 saturated heterocycles. The number of rotatable bonds is 5. The first-order valence-electron chi connectivity index (χ1n) is 9.53. The zero-order valence-electron chi connectivity index (χ0n) is 15.8. The Hall–Kier alpha value is -2.66. The number of aryl methyl sites for hydroxylation is 1. The molecule has 0 aliphatic carbocycles. The molecule has 142 valence electrons. The molecule has 1 aliphatic heterocycles. The van der Waals surface area contributed by atoms with E-state index in [1.807, 2.05) is 31.2 Å². The average Bonchev–Trinajstić information content (AvgIpc) is 2.69. The number of para-hydroxylation sites is 1. The number of carbonyl (C=O) groups excluding carboxylic acids is 2. The van der Waals surface area contributed by atoms with Crippen molar-refractivity contribution in [2.24, 2.45) is 5.92 Å². The van der Waals surface area contributed by atoms with Crippen LogP contribution >= 0.6 is 0 Å². The number of likely N-dealkylation sites (tertiary alicyclic amines) is 1. The van der Waals surface area contributed by atoms with E-state index in [2.05, 4.69) is 39.8 Å². The summed E-state index contributed by atoms with van der Waals surface area (Å²) in [6.45, 7) is 5.46. The monoisotopic (exact) mass is 365 g/mol. The second-order valence-electron chi connectivity index (χ2n) is 7.18. The maximum atomic E-state index is 12.1. The molecule has 0 unspecified atom stereocenters. The number of piperidine rings is 1. The van der Waals surface area contributed by atoms with Gasteiger partial charge in [0.15, 0.2) is 0 Å². The molecule has 2 aromatic rings. The summed E-state index contributed by atoms with van der Waals surface area (Å²) in [7, 11) is 0. The second kappa shape index (κ2) is 9.33. The Morgan fingerprint density at radius 1 is 0.963 bits per heavy atom. The number of hydrogen-bond donors (Lipinski definition) is 2. The summed E-state index contributed by atoms with van der Waals surface area (Å²) in [5.74, 6) is -0.747. The van der Waals surface area contributed by atoms with Gasteiger partial charge < -0.3 is 10.6 Å². The number of anilines is 1. The molecule has 0 saturated carbocycles. The van der Waals surface area contributed by atoms with Crippen molar-refractivity contribution in [1.29, 1.82) is 0 Å². The zero-order chi connectivity index (χ0) is 19.1. The largest absolute Gasteiger partial charge is 0.348 e. The standard InChI is InChI=1S/C22H27N3O2/c1-17-7-5-6-10-20(17)24-22(27)21(26)23-15-18-11-13-25(14-12-18)16-19-8-3-2-4-9-19/h2-10,18H,11-16H2,1H3,(H,23,26)(H,24,27). The maximum absolute atomic E-state index is 12.1. The van der Waals surface area contributed by atoms with Crippen LogP contribution in [0, 0.1) is 12.8 Å². The Labute approximate surface area is 160 Å². The summed E-state index contributed by atoms with van der Waals surface area (Å²) >= 11 is 0. The Morgan fingerprint density at radius 2 is 1.63 bits per heavy atom. The van der Waals surface area contributed by atoms with Crippen LogP contribution in [0.3, 0.4) is 0 Å². The fourth-order valence-electron chi connectivity index (χ4n) is 3.40. The van der Waals surface area contributed by atoms with E-state index in [1.54, 1.807) is 6.07 Å². The van der Waals surface area contributed by atoms with Gasteiger partial charge in [-0.25, -0.2) is 0 Å². The third-order valence-corrected chi connectivity index (χ3v) is 5.11. The predicted molar refractivity (Wildman–Crippen MR) is 107 cm³/mol. The van der Waals surface area contributed by atoms with Crippen LogP contribution in [0.4, 0.5) is 5.69 Å². The highest BCUT2D eigenvalue weighted by Crippen LogP contribution is 2.18. The topological polar surface area (TPSA) is 61.4 Å². The van der Waals surface area contributed by atoms with Gasteiger partial charge in [0.25, 0.3) is 0 Å². The zero-order valence-corrected chi connectivity index (χ0v) is 15.8. The van der Waals surface area contributed by atoms with Crippen molar-refractivity contribution in [2.45, 2.75) is 26.3 Å². The average molecular weight is 365 g/mol. The quantitative estimate of drug-likeness (QED) is 0.801. The second-order valence-corrected chi connectivity index (χ2v) is 7.18. The fourth-order valence-corrected chi connectivity index (χ4v) is 3.40. The molecule has 0 spiro atoms. The van der Waals surface area contributed by atoms with Gasteiger partial charge in [-0.1, -0.05) is 48.5 Å². The third-order valence-electron chi connectivity index (χ3n) is 5.11. The van der Waals surface area contributed by atoms with Crippen molar-refractivity contribution >= 4 is 17.5 Å². The summed E-state index contributed by atoms with van der Waals surface area (Å²) in [6.07, 6.45) is 2.07. The van der Waals surface area contributed by atoms with Crippen LogP contribution in [0.15, 0.2) is 54.6 Å². The Kier molecular flexibility index (Phi) is 6.60. The molecule has 0 atom stereocenters. The van der Waals surface area contributed by atoms with Crippen LogP contribution in [-0.2, 0) is 16.1 Å². The van der Waals surface area contributed by atoms with Gasteiger partial charge in [0, 0.05) is 18.8 Å². The van der Waals surface area contributed by atoms with Crippen LogP contribution in [0.5, 0.6) is 0 Å². The number of nitrogens with one attached hydrogen (secondary N) is 2. The minimum atomic E-state index is -0.606. The van der Waals surface area contributed by atoms with Gasteiger partial charge in [-0.05, 0) is 56.0 Å². The van der Waals surface area contributed by atoms with E-state index < -0.39 is 11.8 Å². The molecular formula is C22H27N3O2. The van der Waals surface area contributed by atoms with E-state index in [9.17, 15) is 9.59 Å². The lowest BCUT2D eigenvalue weighted by Gasteiger charge is -2.32. The number of hydrogen-bond acceptors (Lipinski definition) is 3. The van der Waals surface area contributed by atoms with Gasteiger partial charge in [-0.3, -0.25) is 14.5 Å². The molecule has 0 bridgehead atoms. The van der Waals surface area contributed by atoms with Crippen molar-refractivity contribution < 1.29 is 9.59 Å². The van der Waals surface area contributed by atoms with E-state index in [-0.39, 0.29) is 0 Å². The molecule has 3 rings (SSSR count). The van der Waals surface area contributed by atoms with Gasteiger partial charge in [0.05, 0.1) is 0 Å². The normalized spacial score (nSPS) is 15.3. The first kappa shape index (κ1) is 19.1. The van der Waals surface area contributed by atoms with E-state index >= 15 is 0 Å². The molecule has 5 heteroatoms. The van der Waals surface area contributed by atoms with E-state index in [0.29, 0.717) is 18.2 Å². The highest BCUT2D eigenvalue weighted by molar-refractivity contribution is 6.39. The number of benzene rings is 2. The molecule has 5 nitrogen and oxygen atoms in total.